The summed E-state index contributed by atoms with van der Waals surface area (Å²) in [5.74, 6) is 0. The van der Waals surface area contributed by atoms with E-state index in [1.807, 2.05) is 12.4 Å². The minimum absolute atomic E-state index is 0.960. The van der Waals surface area contributed by atoms with Gasteiger partial charge in [-0.3, -0.25) is 9.88 Å². The number of hydrogen-bond donors (Lipinski definition) is 1. The van der Waals surface area contributed by atoms with Crippen molar-refractivity contribution in [3.05, 3.63) is 59.9 Å². The fraction of sp³-hybridized carbons (Fsp3) is 0.353. The van der Waals surface area contributed by atoms with E-state index < -0.39 is 0 Å². The van der Waals surface area contributed by atoms with E-state index in [1.54, 1.807) is 0 Å². The van der Waals surface area contributed by atoms with E-state index in [4.69, 9.17) is 0 Å². The average Bonchev–Trinajstić information content (AvgIpc) is 2.49. The molecule has 0 radical (unpaired) electrons. The van der Waals surface area contributed by atoms with Crippen molar-refractivity contribution in [2.24, 2.45) is 0 Å². The van der Waals surface area contributed by atoms with Gasteiger partial charge in [0.1, 0.15) is 0 Å². The van der Waals surface area contributed by atoms with Gasteiger partial charge in [-0.2, -0.15) is 0 Å². The van der Waals surface area contributed by atoms with Crippen molar-refractivity contribution >= 4 is 5.69 Å². The third-order valence-electron chi connectivity index (χ3n) is 3.41. The standard InChI is InChI=1S/C17H23N3/c1-3-20(14-16-8-10-18-11-9-16)13-12-19-17-6-4-15(2)5-7-17/h4-11,19H,3,12-14H2,1-2H3. The summed E-state index contributed by atoms with van der Waals surface area (Å²) in [6.07, 6.45) is 3.71. The molecule has 1 heterocycles. The van der Waals surface area contributed by atoms with E-state index >= 15 is 0 Å². The zero-order valence-corrected chi connectivity index (χ0v) is 12.3. The smallest absolute Gasteiger partial charge is 0.0340 e. The largest absolute Gasteiger partial charge is 0.384 e. The average molecular weight is 269 g/mol. The summed E-state index contributed by atoms with van der Waals surface area (Å²) in [5.41, 5.74) is 3.80. The summed E-state index contributed by atoms with van der Waals surface area (Å²) in [6.45, 7) is 8.34. The number of anilines is 1. The quantitative estimate of drug-likeness (QED) is 0.835. The van der Waals surface area contributed by atoms with Crippen LogP contribution in [0.1, 0.15) is 18.1 Å². The topological polar surface area (TPSA) is 28.2 Å². The molecule has 0 saturated heterocycles. The van der Waals surface area contributed by atoms with Crippen LogP contribution in [0.25, 0.3) is 0 Å². The van der Waals surface area contributed by atoms with Gasteiger partial charge < -0.3 is 5.32 Å². The molecule has 1 aromatic heterocycles. The van der Waals surface area contributed by atoms with Gasteiger partial charge in [-0.15, -0.1) is 0 Å². The lowest BCUT2D eigenvalue weighted by Gasteiger charge is -2.21. The molecule has 20 heavy (non-hydrogen) atoms. The van der Waals surface area contributed by atoms with Gasteiger partial charge in [-0.05, 0) is 43.3 Å². The van der Waals surface area contributed by atoms with Crippen LogP contribution in [-0.2, 0) is 6.54 Å². The van der Waals surface area contributed by atoms with Gasteiger partial charge in [0.25, 0.3) is 0 Å². The fourth-order valence-corrected chi connectivity index (χ4v) is 2.13. The molecule has 2 aromatic rings. The molecular weight excluding hydrogens is 246 g/mol. The molecule has 0 bridgehead atoms. The highest BCUT2D eigenvalue weighted by Crippen LogP contribution is 2.08. The molecule has 1 aromatic carbocycles. The lowest BCUT2D eigenvalue weighted by molar-refractivity contribution is 0.291. The number of aryl methyl sites for hydroxylation is 1. The van der Waals surface area contributed by atoms with E-state index in [1.165, 1.54) is 16.8 Å². The van der Waals surface area contributed by atoms with Gasteiger partial charge in [0.2, 0.25) is 0 Å². The van der Waals surface area contributed by atoms with Crippen LogP contribution in [0.3, 0.4) is 0 Å². The third-order valence-corrected chi connectivity index (χ3v) is 3.41. The molecule has 0 atom stereocenters. The van der Waals surface area contributed by atoms with Crippen LogP contribution in [-0.4, -0.2) is 29.5 Å². The molecule has 1 N–H and O–H groups in total. The van der Waals surface area contributed by atoms with Crippen LogP contribution in [0.2, 0.25) is 0 Å². The fourth-order valence-electron chi connectivity index (χ4n) is 2.13. The Balaban J connectivity index is 1.78. The first-order valence-electron chi connectivity index (χ1n) is 7.19. The van der Waals surface area contributed by atoms with Crippen molar-refractivity contribution in [1.29, 1.82) is 0 Å². The second-order valence-corrected chi connectivity index (χ2v) is 5.02. The molecule has 3 heteroatoms. The Morgan fingerprint density at radius 3 is 2.40 bits per heavy atom. The SMILES string of the molecule is CCN(CCNc1ccc(C)cc1)Cc1ccncc1. The first-order valence-corrected chi connectivity index (χ1v) is 7.19. The summed E-state index contributed by atoms with van der Waals surface area (Å²) in [4.78, 5) is 6.48. The number of nitrogens with zero attached hydrogens (tertiary/aromatic N) is 2. The number of benzene rings is 1. The maximum atomic E-state index is 4.06. The van der Waals surface area contributed by atoms with Crippen molar-refractivity contribution in [1.82, 2.24) is 9.88 Å². The molecule has 2 rings (SSSR count). The summed E-state index contributed by atoms with van der Waals surface area (Å²) in [7, 11) is 0. The van der Waals surface area contributed by atoms with Gasteiger partial charge in [0.05, 0.1) is 0 Å². The molecule has 0 aliphatic carbocycles. The molecular formula is C17H23N3. The van der Waals surface area contributed by atoms with Crippen molar-refractivity contribution in [3.63, 3.8) is 0 Å². The predicted octanol–water partition coefficient (Wildman–Crippen LogP) is 3.32. The van der Waals surface area contributed by atoms with Crippen LogP contribution < -0.4 is 5.32 Å². The van der Waals surface area contributed by atoms with Crippen LogP contribution in [0.4, 0.5) is 5.69 Å². The molecule has 0 fully saturated rings. The minimum atomic E-state index is 0.960. The first kappa shape index (κ1) is 14.5. The van der Waals surface area contributed by atoms with Crippen LogP contribution in [0.15, 0.2) is 48.8 Å². The van der Waals surface area contributed by atoms with Gasteiger partial charge in [0, 0.05) is 37.7 Å². The lowest BCUT2D eigenvalue weighted by Crippen LogP contribution is -2.28. The molecule has 0 saturated carbocycles. The molecule has 0 aliphatic rings. The normalized spacial score (nSPS) is 10.8. The highest BCUT2D eigenvalue weighted by atomic mass is 15.1. The number of hydrogen-bond acceptors (Lipinski definition) is 3. The van der Waals surface area contributed by atoms with E-state index in [9.17, 15) is 0 Å². The van der Waals surface area contributed by atoms with E-state index in [2.05, 4.69) is 65.4 Å². The summed E-state index contributed by atoms with van der Waals surface area (Å²) in [5, 5.41) is 3.47. The van der Waals surface area contributed by atoms with Gasteiger partial charge in [-0.1, -0.05) is 24.6 Å². The zero-order chi connectivity index (χ0) is 14.2. The summed E-state index contributed by atoms with van der Waals surface area (Å²) in [6, 6.07) is 12.7. The maximum Gasteiger partial charge on any atom is 0.0340 e. The Morgan fingerprint density at radius 1 is 1.05 bits per heavy atom. The molecule has 0 aliphatic heterocycles. The minimum Gasteiger partial charge on any atom is -0.384 e. The number of likely N-dealkylation sites (N-methyl/N-ethyl adjacent to an activating group) is 1. The number of nitrogens with one attached hydrogen (secondary N) is 1. The highest BCUT2D eigenvalue weighted by molar-refractivity contribution is 5.44. The molecule has 0 amide bonds. The Bertz CT molecular complexity index is 493. The van der Waals surface area contributed by atoms with Crippen LogP contribution >= 0.6 is 0 Å². The maximum absolute atomic E-state index is 4.06. The first-order chi connectivity index (χ1) is 9.78. The Morgan fingerprint density at radius 2 is 1.75 bits per heavy atom. The second kappa shape index (κ2) is 7.65. The third kappa shape index (κ3) is 4.67. The summed E-state index contributed by atoms with van der Waals surface area (Å²) < 4.78 is 0. The van der Waals surface area contributed by atoms with Crippen molar-refractivity contribution < 1.29 is 0 Å². The number of pyridine rings is 1. The van der Waals surface area contributed by atoms with Crippen molar-refractivity contribution in [2.45, 2.75) is 20.4 Å². The molecule has 106 valence electrons. The van der Waals surface area contributed by atoms with E-state index in [0.29, 0.717) is 0 Å². The van der Waals surface area contributed by atoms with Gasteiger partial charge >= 0.3 is 0 Å². The van der Waals surface area contributed by atoms with Gasteiger partial charge in [-0.25, -0.2) is 0 Å². The number of aromatic nitrogens is 1. The Labute approximate surface area is 121 Å². The number of rotatable bonds is 7. The van der Waals surface area contributed by atoms with E-state index in [0.717, 1.165) is 26.2 Å². The van der Waals surface area contributed by atoms with Gasteiger partial charge in [0.15, 0.2) is 0 Å². The second-order valence-electron chi connectivity index (χ2n) is 5.02. The Kier molecular flexibility index (Phi) is 5.56. The van der Waals surface area contributed by atoms with Crippen LogP contribution in [0.5, 0.6) is 0 Å². The predicted molar refractivity (Wildman–Crippen MR) is 84.9 cm³/mol. The molecule has 0 unspecified atom stereocenters. The van der Waals surface area contributed by atoms with Crippen molar-refractivity contribution in [3.8, 4) is 0 Å². The van der Waals surface area contributed by atoms with E-state index in [-0.39, 0.29) is 0 Å². The zero-order valence-electron chi connectivity index (χ0n) is 12.3. The van der Waals surface area contributed by atoms with Crippen LogP contribution in [0, 0.1) is 6.92 Å². The molecule has 3 nitrogen and oxygen atoms in total. The Hall–Kier alpha value is -1.87. The monoisotopic (exact) mass is 269 g/mol. The summed E-state index contributed by atoms with van der Waals surface area (Å²) >= 11 is 0. The lowest BCUT2D eigenvalue weighted by atomic mass is 10.2. The highest BCUT2D eigenvalue weighted by Gasteiger charge is 2.03. The molecule has 0 spiro atoms. The van der Waals surface area contributed by atoms with Crippen molar-refractivity contribution in [2.75, 3.05) is 25.0 Å².